The second-order valence-electron chi connectivity index (χ2n) is 6.08. The lowest BCUT2D eigenvalue weighted by Crippen LogP contribution is -2.52. The van der Waals surface area contributed by atoms with E-state index in [0.29, 0.717) is 31.1 Å². The number of amides is 1. The molecule has 1 aromatic carbocycles. The Bertz CT molecular complexity index is 739. The van der Waals surface area contributed by atoms with Gasteiger partial charge in [-0.15, -0.1) is 0 Å². The lowest BCUT2D eigenvalue weighted by Gasteiger charge is -2.32. The highest BCUT2D eigenvalue weighted by molar-refractivity contribution is 5.77. The van der Waals surface area contributed by atoms with Crippen molar-refractivity contribution in [2.75, 3.05) is 19.8 Å². The summed E-state index contributed by atoms with van der Waals surface area (Å²) in [7, 11) is 0. The monoisotopic (exact) mass is 360 g/mol. The summed E-state index contributed by atoms with van der Waals surface area (Å²) >= 11 is 0. The predicted molar refractivity (Wildman–Crippen MR) is 92.7 cm³/mol. The Morgan fingerprint density at radius 1 is 1.35 bits per heavy atom. The summed E-state index contributed by atoms with van der Waals surface area (Å²) in [5, 5.41) is 2.90. The standard InChI is InChI=1S/C19H21FN2O4/c1-13-5-6-16(10-21-13)26-18-11-24-8-7-17(18)22-19(23)12-25-15-4-2-3-14(20)9-15/h2-6,9-10,17-18H,7-8,11-12H2,1H3,(H,22,23)/t17-,18+/m0/s1. The summed E-state index contributed by atoms with van der Waals surface area (Å²) in [6.07, 6.45) is 1.97. The van der Waals surface area contributed by atoms with Gasteiger partial charge in [-0.05, 0) is 37.6 Å². The highest BCUT2D eigenvalue weighted by atomic mass is 19.1. The molecule has 1 amide bonds. The van der Waals surface area contributed by atoms with E-state index in [-0.39, 0.29) is 24.7 Å². The molecule has 1 fully saturated rings. The fourth-order valence-electron chi connectivity index (χ4n) is 2.65. The molecule has 3 rings (SSSR count). The third kappa shape index (κ3) is 5.16. The zero-order valence-electron chi connectivity index (χ0n) is 14.5. The van der Waals surface area contributed by atoms with Crippen LogP contribution in [0.4, 0.5) is 4.39 Å². The Balaban J connectivity index is 1.53. The Labute approximate surface area is 151 Å². The van der Waals surface area contributed by atoms with Crippen LogP contribution in [0, 0.1) is 12.7 Å². The first-order valence-electron chi connectivity index (χ1n) is 8.45. The highest BCUT2D eigenvalue weighted by Gasteiger charge is 2.29. The fourth-order valence-corrected chi connectivity index (χ4v) is 2.65. The Hall–Kier alpha value is -2.67. The zero-order chi connectivity index (χ0) is 18.4. The Kier molecular flexibility index (Phi) is 6.01. The molecule has 26 heavy (non-hydrogen) atoms. The molecule has 2 atom stereocenters. The van der Waals surface area contributed by atoms with Crippen LogP contribution in [0.15, 0.2) is 42.6 Å². The molecule has 1 aromatic heterocycles. The second kappa shape index (κ2) is 8.62. The minimum atomic E-state index is -0.410. The number of ether oxygens (including phenoxy) is 3. The number of carbonyl (C=O) groups excluding carboxylic acids is 1. The Morgan fingerprint density at radius 2 is 2.23 bits per heavy atom. The molecule has 138 valence electrons. The molecule has 1 aliphatic heterocycles. The van der Waals surface area contributed by atoms with Gasteiger partial charge in [-0.1, -0.05) is 6.07 Å². The summed E-state index contributed by atoms with van der Waals surface area (Å²) in [6.45, 7) is 2.63. The van der Waals surface area contributed by atoms with Crippen molar-refractivity contribution in [3.8, 4) is 11.5 Å². The van der Waals surface area contributed by atoms with Gasteiger partial charge in [0.25, 0.3) is 5.91 Å². The summed E-state index contributed by atoms with van der Waals surface area (Å²) in [6, 6.07) is 9.17. The molecule has 1 aliphatic rings. The van der Waals surface area contributed by atoms with Crippen LogP contribution in [-0.4, -0.2) is 42.9 Å². The predicted octanol–water partition coefficient (Wildman–Crippen LogP) is 2.26. The number of halogens is 1. The van der Waals surface area contributed by atoms with E-state index in [4.69, 9.17) is 14.2 Å². The van der Waals surface area contributed by atoms with Crippen LogP contribution in [-0.2, 0) is 9.53 Å². The van der Waals surface area contributed by atoms with Crippen LogP contribution < -0.4 is 14.8 Å². The van der Waals surface area contributed by atoms with Crippen molar-refractivity contribution in [1.82, 2.24) is 10.3 Å². The average Bonchev–Trinajstić information content (AvgIpc) is 2.64. The molecule has 0 bridgehead atoms. The molecule has 0 unspecified atom stereocenters. The number of nitrogens with one attached hydrogen (secondary N) is 1. The van der Waals surface area contributed by atoms with E-state index in [0.717, 1.165) is 5.69 Å². The van der Waals surface area contributed by atoms with E-state index in [1.807, 2.05) is 19.1 Å². The van der Waals surface area contributed by atoms with E-state index in [1.54, 1.807) is 12.3 Å². The lowest BCUT2D eigenvalue weighted by atomic mass is 10.1. The number of nitrogens with zero attached hydrogens (tertiary/aromatic N) is 1. The number of aryl methyl sites for hydroxylation is 1. The molecule has 0 radical (unpaired) electrons. The van der Waals surface area contributed by atoms with Gasteiger partial charge in [0.2, 0.25) is 0 Å². The fraction of sp³-hybridized carbons (Fsp3) is 0.368. The number of carbonyl (C=O) groups is 1. The largest absolute Gasteiger partial charge is 0.484 e. The molecular weight excluding hydrogens is 339 g/mol. The van der Waals surface area contributed by atoms with E-state index < -0.39 is 5.82 Å². The minimum Gasteiger partial charge on any atom is -0.484 e. The SMILES string of the molecule is Cc1ccc(O[C@@H]2COCC[C@@H]2NC(=O)COc2cccc(F)c2)cn1. The van der Waals surface area contributed by atoms with Crippen molar-refractivity contribution in [1.29, 1.82) is 0 Å². The molecule has 0 spiro atoms. The zero-order valence-corrected chi connectivity index (χ0v) is 14.5. The number of benzene rings is 1. The molecule has 0 aliphatic carbocycles. The summed E-state index contributed by atoms with van der Waals surface area (Å²) in [4.78, 5) is 16.4. The Morgan fingerprint density at radius 3 is 3.00 bits per heavy atom. The van der Waals surface area contributed by atoms with Gasteiger partial charge < -0.3 is 19.5 Å². The van der Waals surface area contributed by atoms with Gasteiger partial charge in [0.15, 0.2) is 6.61 Å². The van der Waals surface area contributed by atoms with Crippen LogP contribution in [0.1, 0.15) is 12.1 Å². The first-order valence-corrected chi connectivity index (χ1v) is 8.45. The molecule has 0 saturated carbocycles. The smallest absolute Gasteiger partial charge is 0.258 e. The van der Waals surface area contributed by atoms with Gasteiger partial charge in [0.1, 0.15) is 23.4 Å². The molecular formula is C19H21FN2O4. The summed E-state index contributed by atoms with van der Waals surface area (Å²) < 4.78 is 29.8. The number of aromatic nitrogens is 1. The van der Waals surface area contributed by atoms with Gasteiger partial charge in [0, 0.05) is 18.4 Å². The number of rotatable bonds is 6. The van der Waals surface area contributed by atoms with Crippen molar-refractivity contribution in [3.63, 3.8) is 0 Å². The molecule has 1 N–H and O–H groups in total. The highest BCUT2D eigenvalue weighted by Crippen LogP contribution is 2.17. The number of hydrogen-bond donors (Lipinski definition) is 1. The van der Waals surface area contributed by atoms with E-state index in [2.05, 4.69) is 10.3 Å². The van der Waals surface area contributed by atoms with Gasteiger partial charge in [-0.25, -0.2) is 4.39 Å². The maximum atomic E-state index is 13.1. The molecule has 7 heteroatoms. The first kappa shape index (κ1) is 18.1. The van der Waals surface area contributed by atoms with Gasteiger partial charge in [-0.3, -0.25) is 9.78 Å². The molecule has 2 heterocycles. The lowest BCUT2D eigenvalue weighted by molar-refractivity contribution is -0.126. The normalized spacial score (nSPS) is 19.6. The van der Waals surface area contributed by atoms with Crippen molar-refractivity contribution < 1.29 is 23.4 Å². The quantitative estimate of drug-likeness (QED) is 0.856. The third-order valence-corrected chi connectivity index (χ3v) is 3.99. The van der Waals surface area contributed by atoms with E-state index in [9.17, 15) is 9.18 Å². The van der Waals surface area contributed by atoms with Gasteiger partial charge in [0.05, 0.1) is 18.8 Å². The van der Waals surface area contributed by atoms with Crippen LogP contribution >= 0.6 is 0 Å². The van der Waals surface area contributed by atoms with Crippen LogP contribution in [0.3, 0.4) is 0 Å². The van der Waals surface area contributed by atoms with Crippen molar-refractivity contribution in [2.24, 2.45) is 0 Å². The number of pyridine rings is 1. The van der Waals surface area contributed by atoms with Crippen molar-refractivity contribution >= 4 is 5.91 Å². The third-order valence-electron chi connectivity index (χ3n) is 3.99. The minimum absolute atomic E-state index is 0.195. The van der Waals surface area contributed by atoms with Crippen LogP contribution in [0.25, 0.3) is 0 Å². The van der Waals surface area contributed by atoms with Gasteiger partial charge >= 0.3 is 0 Å². The van der Waals surface area contributed by atoms with Crippen molar-refractivity contribution in [3.05, 3.63) is 54.1 Å². The first-order chi connectivity index (χ1) is 12.6. The number of hydrogen-bond acceptors (Lipinski definition) is 5. The van der Waals surface area contributed by atoms with E-state index >= 15 is 0 Å². The average molecular weight is 360 g/mol. The summed E-state index contributed by atoms with van der Waals surface area (Å²) in [5.74, 6) is 0.233. The summed E-state index contributed by atoms with van der Waals surface area (Å²) in [5.41, 5.74) is 0.900. The van der Waals surface area contributed by atoms with Crippen LogP contribution in [0.5, 0.6) is 11.5 Å². The van der Waals surface area contributed by atoms with E-state index in [1.165, 1.54) is 18.2 Å². The maximum Gasteiger partial charge on any atom is 0.258 e. The van der Waals surface area contributed by atoms with Gasteiger partial charge in [-0.2, -0.15) is 0 Å². The topological polar surface area (TPSA) is 69.7 Å². The molecule has 6 nitrogen and oxygen atoms in total. The van der Waals surface area contributed by atoms with Crippen LogP contribution in [0.2, 0.25) is 0 Å². The molecule has 1 saturated heterocycles. The molecule has 2 aromatic rings. The second-order valence-corrected chi connectivity index (χ2v) is 6.08. The van der Waals surface area contributed by atoms with Crippen molar-refractivity contribution in [2.45, 2.75) is 25.5 Å². The maximum absolute atomic E-state index is 13.1.